The maximum absolute atomic E-state index is 11.8. The fourth-order valence-corrected chi connectivity index (χ4v) is 3.78. The molecule has 0 bridgehead atoms. The van der Waals surface area contributed by atoms with Gasteiger partial charge in [-0.25, -0.2) is 4.79 Å². The molecule has 1 aromatic carbocycles. The number of amides is 1. The first-order valence-electron chi connectivity index (χ1n) is 8.84. The Morgan fingerprint density at radius 1 is 1.13 bits per heavy atom. The summed E-state index contributed by atoms with van der Waals surface area (Å²) in [7, 11) is 0. The summed E-state index contributed by atoms with van der Waals surface area (Å²) in [6.07, 6.45) is 2.05. The lowest BCUT2D eigenvalue weighted by Gasteiger charge is -2.40. The molecule has 0 spiro atoms. The number of hydrogen-bond donors (Lipinski definition) is 1. The fourth-order valence-electron chi connectivity index (χ4n) is 3.78. The Morgan fingerprint density at radius 2 is 1.78 bits per heavy atom. The van der Waals surface area contributed by atoms with Crippen molar-refractivity contribution in [2.75, 3.05) is 50.8 Å². The minimum absolute atomic E-state index is 0.144. The van der Waals surface area contributed by atoms with Crippen molar-refractivity contribution in [3.63, 3.8) is 0 Å². The van der Waals surface area contributed by atoms with Gasteiger partial charge in [0, 0.05) is 31.6 Å². The normalized spacial score (nSPS) is 20.6. The Hall–Kier alpha value is -1.75. The first-order chi connectivity index (χ1) is 11.3. The first kappa shape index (κ1) is 16.1. The number of ether oxygens (including phenoxy) is 1. The topological polar surface area (TPSA) is 37.2 Å². The molecule has 5 nitrogen and oxygen atoms in total. The number of piperidine rings is 1. The monoisotopic (exact) mass is 318 g/mol. The van der Waals surface area contributed by atoms with Gasteiger partial charge < -0.3 is 19.4 Å². The number of rotatable bonds is 3. The van der Waals surface area contributed by atoms with Crippen LogP contribution in [-0.4, -0.2) is 62.9 Å². The van der Waals surface area contributed by atoms with Gasteiger partial charge in [0.25, 0.3) is 0 Å². The highest BCUT2D eigenvalue weighted by Crippen LogP contribution is 2.14. The Balaban J connectivity index is 1.45. The van der Waals surface area contributed by atoms with E-state index in [2.05, 4.69) is 35.2 Å². The van der Waals surface area contributed by atoms with Crippen LogP contribution in [-0.2, 0) is 4.74 Å². The third kappa shape index (κ3) is 3.96. The van der Waals surface area contributed by atoms with Crippen molar-refractivity contribution in [1.29, 1.82) is 0 Å². The zero-order chi connectivity index (χ0) is 16.1. The number of hydrogen-bond acceptors (Lipinski definition) is 3. The summed E-state index contributed by atoms with van der Waals surface area (Å²) in [5, 5.41) is 0. The lowest BCUT2D eigenvalue weighted by Crippen LogP contribution is -3.18. The molecule has 2 aliphatic heterocycles. The summed E-state index contributed by atoms with van der Waals surface area (Å²) >= 11 is 0. The Labute approximate surface area is 138 Å². The molecule has 0 radical (unpaired) electrons. The van der Waals surface area contributed by atoms with Gasteiger partial charge in [0.1, 0.15) is 0 Å². The van der Waals surface area contributed by atoms with Crippen LogP contribution in [0.1, 0.15) is 19.8 Å². The Kier molecular flexibility index (Phi) is 5.39. The molecule has 0 saturated carbocycles. The summed E-state index contributed by atoms with van der Waals surface area (Å²) < 4.78 is 5.10. The molecular weight excluding hydrogens is 290 g/mol. The van der Waals surface area contributed by atoms with Crippen LogP contribution in [0.5, 0.6) is 0 Å². The molecule has 0 unspecified atom stereocenters. The second kappa shape index (κ2) is 7.68. The number of carbonyl (C=O) groups is 1. The van der Waals surface area contributed by atoms with Gasteiger partial charge in [-0.2, -0.15) is 0 Å². The van der Waals surface area contributed by atoms with E-state index in [0.717, 1.165) is 39.0 Å². The van der Waals surface area contributed by atoms with Crippen LogP contribution >= 0.6 is 0 Å². The number of likely N-dealkylation sites (tertiary alicyclic amines) is 1. The second-order valence-corrected chi connectivity index (χ2v) is 6.44. The molecule has 0 atom stereocenters. The fraction of sp³-hybridized carbons (Fsp3) is 0.611. The van der Waals surface area contributed by atoms with Gasteiger partial charge in [-0.15, -0.1) is 0 Å². The molecule has 23 heavy (non-hydrogen) atoms. The predicted octanol–water partition coefficient (Wildman–Crippen LogP) is 1.01. The van der Waals surface area contributed by atoms with Crippen LogP contribution < -0.4 is 9.80 Å². The molecule has 2 fully saturated rings. The first-order valence-corrected chi connectivity index (χ1v) is 8.84. The lowest BCUT2D eigenvalue weighted by atomic mass is 10.0. The molecule has 1 aromatic rings. The smallest absolute Gasteiger partial charge is 0.409 e. The van der Waals surface area contributed by atoms with E-state index in [-0.39, 0.29) is 6.09 Å². The molecule has 3 rings (SSSR count). The van der Waals surface area contributed by atoms with Crippen LogP contribution in [0.25, 0.3) is 0 Å². The molecule has 5 heteroatoms. The summed E-state index contributed by atoms with van der Waals surface area (Å²) in [4.78, 5) is 17.8. The number of quaternary nitrogens is 1. The van der Waals surface area contributed by atoms with E-state index >= 15 is 0 Å². The zero-order valence-corrected chi connectivity index (χ0v) is 14.0. The molecule has 2 aliphatic rings. The maximum Gasteiger partial charge on any atom is 0.409 e. The van der Waals surface area contributed by atoms with Crippen molar-refractivity contribution in [3.8, 4) is 0 Å². The van der Waals surface area contributed by atoms with E-state index in [0.29, 0.717) is 12.6 Å². The SMILES string of the molecule is CCOC(=O)N1CCC([NH+]2CCN(c3ccccc3)CC2)CC1. The van der Waals surface area contributed by atoms with E-state index in [1.165, 1.54) is 18.8 Å². The molecule has 1 N–H and O–H groups in total. The third-order valence-corrected chi connectivity index (χ3v) is 5.13. The minimum atomic E-state index is -0.144. The van der Waals surface area contributed by atoms with Crippen molar-refractivity contribution >= 4 is 11.8 Å². The Morgan fingerprint density at radius 3 is 2.39 bits per heavy atom. The zero-order valence-electron chi connectivity index (χ0n) is 14.0. The van der Waals surface area contributed by atoms with Crippen LogP contribution in [0.4, 0.5) is 10.5 Å². The minimum Gasteiger partial charge on any atom is -0.450 e. The number of nitrogens with zero attached hydrogens (tertiary/aromatic N) is 2. The summed E-state index contributed by atoms with van der Waals surface area (Å²) in [5.41, 5.74) is 1.34. The summed E-state index contributed by atoms with van der Waals surface area (Å²) in [5.74, 6) is 0. The van der Waals surface area contributed by atoms with Crippen molar-refractivity contribution in [2.24, 2.45) is 0 Å². The summed E-state index contributed by atoms with van der Waals surface area (Å²) in [6, 6.07) is 11.4. The molecule has 0 aromatic heterocycles. The van der Waals surface area contributed by atoms with Gasteiger partial charge in [0.05, 0.1) is 38.8 Å². The number of para-hydroxylation sites is 1. The molecular formula is C18H28N3O2+. The van der Waals surface area contributed by atoms with Crippen LogP contribution in [0.15, 0.2) is 30.3 Å². The lowest BCUT2D eigenvalue weighted by molar-refractivity contribution is -0.927. The van der Waals surface area contributed by atoms with E-state index < -0.39 is 0 Å². The van der Waals surface area contributed by atoms with Gasteiger partial charge in [-0.05, 0) is 19.1 Å². The van der Waals surface area contributed by atoms with Crippen LogP contribution in [0, 0.1) is 0 Å². The average molecular weight is 318 g/mol. The number of carbonyl (C=O) groups excluding carboxylic acids is 1. The maximum atomic E-state index is 11.8. The van der Waals surface area contributed by atoms with Crippen molar-refractivity contribution in [3.05, 3.63) is 30.3 Å². The average Bonchev–Trinajstić information content (AvgIpc) is 2.63. The van der Waals surface area contributed by atoms with Crippen molar-refractivity contribution in [1.82, 2.24) is 4.90 Å². The van der Waals surface area contributed by atoms with Crippen LogP contribution in [0.3, 0.4) is 0 Å². The number of nitrogens with one attached hydrogen (secondary N) is 1. The largest absolute Gasteiger partial charge is 0.450 e. The number of anilines is 1. The molecule has 2 heterocycles. The highest BCUT2D eigenvalue weighted by molar-refractivity contribution is 5.67. The van der Waals surface area contributed by atoms with E-state index in [9.17, 15) is 4.79 Å². The van der Waals surface area contributed by atoms with Gasteiger partial charge in [-0.1, -0.05) is 18.2 Å². The Bertz CT molecular complexity index is 492. The standard InChI is InChI=1S/C18H27N3O2/c1-2-23-18(22)21-10-8-17(9-11-21)20-14-12-19(13-15-20)16-6-4-3-5-7-16/h3-7,17H,2,8-15H2,1H3/p+1. The highest BCUT2D eigenvalue weighted by atomic mass is 16.6. The van der Waals surface area contributed by atoms with Crippen molar-refractivity contribution in [2.45, 2.75) is 25.8 Å². The number of piperazine rings is 1. The molecule has 2 saturated heterocycles. The van der Waals surface area contributed by atoms with Gasteiger partial charge in [-0.3, -0.25) is 0 Å². The molecule has 1 amide bonds. The second-order valence-electron chi connectivity index (χ2n) is 6.44. The van der Waals surface area contributed by atoms with Gasteiger partial charge >= 0.3 is 6.09 Å². The highest BCUT2D eigenvalue weighted by Gasteiger charge is 2.32. The predicted molar refractivity (Wildman–Crippen MR) is 91.0 cm³/mol. The number of benzene rings is 1. The van der Waals surface area contributed by atoms with Gasteiger partial charge in [0.2, 0.25) is 0 Å². The third-order valence-electron chi connectivity index (χ3n) is 5.13. The van der Waals surface area contributed by atoms with E-state index in [1.54, 1.807) is 4.90 Å². The van der Waals surface area contributed by atoms with E-state index in [1.807, 2.05) is 11.8 Å². The quantitative estimate of drug-likeness (QED) is 0.904. The van der Waals surface area contributed by atoms with Crippen molar-refractivity contribution < 1.29 is 14.4 Å². The van der Waals surface area contributed by atoms with Gasteiger partial charge in [0.15, 0.2) is 0 Å². The summed E-state index contributed by atoms with van der Waals surface area (Å²) in [6.45, 7) is 8.64. The van der Waals surface area contributed by atoms with E-state index in [4.69, 9.17) is 4.74 Å². The molecule has 0 aliphatic carbocycles. The molecule has 126 valence electrons. The van der Waals surface area contributed by atoms with Crippen LogP contribution in [0.2, 0.25) is 0 Å².